The fourth-order valence-corrected chi connectivity index (χ4v) is 5.46. The molecule has 0 amide bonds. The van der Waals surface area contributed by atoms with Gasteiger partial charge < -0.3 is 25.9 Å². The number of nitriles is 1. The Morgan fingerprint density at radius 1 is 1.23 bits per heavy atom. The molecule has 0 radical (unpaired) electrons. The average molecular weight is 580 g/mol. The number of pyridine rings is 1. The predicted octanol–water partition coefficient (Wildman–Crippen LogP) is 3.70. The predicted molar refractivity (Wildman–Crippen MR) is 162 cm³/mol. The summed E-state index contributed by atoms with van der Waals surface area (Å²) >= 11 is 13.5. The van der Waals surface area contributed by atoms with E-state index in [1.54, 1.807) is 6.20 Å². The number of nitrogens with one attached hydrogen (secondary N) is 4. The molecular weight excluding hydrogens is 548 g/mol. The molecule has 40 heavy (non-hydrogen) atoms. The van der Waals surface area contributed by atoms with Gasteiger partial charge in [0.05, 0.1) is 52.7 Å². The second kappa shape index (κ2) is 10.7. The van der Waals surface area contributed by atoms with Crippen LogP contribution in [-0.4, -0.2) is 54.9 Å². The molecule has 3 heterocycles. The molecule has 2 aliphatic rings. The normalized spacial score (nSPS) is 17.8. The Bertz CT molecular complexity index is 1510. The summed E-state index contributed by atoms with van der Waals surface area (Å²) in [6, 6.07) is 13.6. The maximum absolute atomic E-state index is 10.1. The van der Waals surface area contributed by atoms with E-state index in [-0.39, 0.29) is 12.0 Å². The van der Waals surface area contributed by atoms with Crippen molar-refractivity contribution in [1.29, 1.82) is 5.26 Å². The SMILES string of the molecule is BC(Nc1cc(Cl)c2ncc(C#N)c(NCC(C)(C)C)c2c1)(C1=CN(C2(CO)COC2)NN1)c1ccccc1Cl. The van der Waals surface area contributed by atoms with E-state index in [0.717, 1.165) is 16.6 Å². The third-order valence-corrected chi connectivity index (χ3v) is 7.92. The van der Waals surface area contributed by atoms with Gasteiger partial charge in [-0.15, -0.1) is 5.53 Å². The minimum absolute atomic E-state index is 0.0124. The highest BCUT2D eigenvalue weighted by Gasteiger charge is 2.47. The number of rotatable bonds is 8. The number of aliphatic hydroxyl groups is 1. The first kappa shape index (κ1) is 28.3. The molecule has 1 unspecified atom stereocenters. The van der Waals surface area contributed by atoms with Crippen molar-refractivity contribution in [3.63, 3.8) is 0 Å². The molecule has 5 N–H and O–H groups in total. The number of nitrogens with zero attached hydrogens (tertiary/aromatic N) is 3. The molecule has 1 fully saturated rings. The van der Waals surface area contributed by atoms with Crippen molar-refractivity contribution in [2.45, 2.75) is 31.7 Å². The summed E-state index contributed by atoms with van der Waals surface area (Å²) in [4.78, 5) is 4.49. The number of hydrogen-bond acceptors (Lipinski definition) is 9. The monoisotopic (exact) mass is 579 g/mol. The van der Waals surface area contributed by atoms with E-state index in [9.17, 15) is 10.4 Å². The van der Waals surface area contributed by atoms with Crippen LogP contribution >= 0.6 is 23.2 Å². The maximum Gasteiger partial charge on any atom is 0.148 e. The Morgan fingerprint density at radius 2 is 1.98 bits per heavy atom. The number of halogens is 2. The molecule has 1 saturated heterocycles. The lowest BCUT2D eigenvalue weighted by molar-refractivity contribution is -0.159. The molecule has 2 aliphatic heterocycles. The van der Waals surface area contributed by atoms with Crippen molar-refractivity contribution in [3.05, 3.63) is 75.7 Å². The highest BCUT2D eigenvalue weighted by Crippen LogP contribution is 2.40. The molecule has 0 spiro atoms. The fourth-order valence-electron chi connectivity index (χ4n) is 4.86. The summed E-state index contributed by atoms with van der Waals surface area (Å²) in [5, 5.41) is 30.6. The smallest absolute Gasteiger partial charge is 0.148 e. The van der Waals surface area contributed by atoms with Crippen LogP contribution in [0, 0.1) is 16.7 Å². The Balaban J connectivity index is 1.61. The molecule has 1 aromatic heterocycles. The molecule has 0 aliphatic carbocycles. The summed E-state index contributed by atoms with van der Waals surface area (Å²) in [6.45, 7) is 7.76. The van der Waals surface area contributed by atoms with E-state index in [1.807, 2.05) is 55.5 Å². The molecule has 9 nitrogen and oxygen atoms in total. The average Bonchev–Trinajstić information content (AvgIpc) is 3.38. The maximum atomic E-state index is 10.1. The van der Waals surface area contributed by atoms with E-state index in [2.05, 4.69) is 53.4 Å². The van der Waals surface area contributed by atoms with Crippen molar-refractivity contribution in [2.75, 3.05) is 37.0 Å². The highest BCUT2D eigenvalue weighted by molar-refractivity contribution is 6.36. The molecular formula is C28H32BCl2N7O2. The van der Waals surface area contributed by atoms with Crippen LogP contribution in [0.25, 0.3) is 10.9 Å². The first-order valence-electron chi connectivity index (χ1n) is 13.0. The van der Waals surface area contributed by atoms with E-state index >= 15 is 0 Å². The first-order chi connectivity index (χ1) is 19.0. The van der Waals surface area contributed by atoms with E-state index in [1.165, 1.54) is 0 Å². The van der Waals surface area contributed by atoms with Crippen molar-refractivity contribution < 1.29 is 9.84 Å². The van der Waals surface area contributed by atoms with Gasteiger partial charge in [-0.25, -0.2) is 0 Å². The number of benzene rings is 2. The van der Waals surface area contributed by atoms with Crippen LogP contribution in [0.3, 0.4) is 0 Å². The molecule has 2 aromatic carbocycles. The second-order valence-electron chi connectivity index (χ2n) is 11.7. The number of ether oxygens (including phenoxy) is 1. The zero-order valence-corrected chi connectivity index (χ0v) is 24.4. The van der Waals surface area contributed by atoms with Crippen molar-refractivity contribution in [3.8, 4) is 6.07 Å². The van der Waals surface area contributed by atoms with Gasteiger partial charge in [0.15, 0.2) is 0 Å². The molecule has 3 aromatic rings. The van der Waals surface area contributed by atoms with Crippen LogP contribution in [0.1, 0.15) is 31.9 Å². The molecule has 0 saturated carbocycles. The van der Waals surface area contributed by atoms with E-state index < -0.39 is 11.0 Å². The first-order valence-corrected chi connectivity index (χ1v) is 13.8. The van der Waals surface area contributed by atoms with Crippen LogP contribution in [0.15, 0.2) is 54.5 Å². The lowest BCUT2D eigenvalue weighted by Crippen LogP contribution is -2.66. The number of aliphatic hydroxyl groups excluding tert-OH is 1. The zero-order chi connectivity index (χ0) is 28.7. The Morgan fingerprint density at radius 3 is 2.60 bits per heavy atom. The second-order valence-corrected chi connectivity index (χ2v) is 12.5. The molecule has 208 valence electrons. The van der Waals surface area contributed by atoms with Crippen molar-refractivity contribution >= 4 is 53.3 Å². The van der Waals surface area contributed by atoms with Gasteiger partial charge in [-0.2, -0.15) is 5.26 Å². The number of anilines is 2. The quantitative estimate of drug-likeness (QED) is 0.255. The van der Waals surface area contributed by atoms with Crippen molar-refractivity contribution in [1.82, 2.24) is 21.0 Å². The van der Waals surface area contributed by atoms with Gasteiger partial charge in [-0.1, -0.05) is 62.2 Å². The number of hydrogen-bond donors (Lipinski definition) is 5. The van der Waals surface area contributed by atoms with Crippen LogP contribution < -0.4 is 21.6 Å². The minimum atomic E-state index is -0.863. The topological polar surface area (TPSA) is 118 Å². The summed E-state index contributed by atoms with van der Waals surface area (Å²) < 4.78 is 5.40. The minimum Gasteiger partial charge on any atom is -0.394 e. The fraction of sp³-hybridized carbons (Fsp3) is 0.357. The van der Waals surface area contributed by atoms with Crippen LogP contribution in [0.4, 0.5) is 11.4 Å². The van der Waals surface area contributed by atoms with Gasteiger partial charge in [-0.3, -0.25) is 9.99 Å². The number of aromatic nitrogens is 1. The van der Waals surface area contributed by atoms with E-state index in [0.29, 0.717) is 52.3 Å². The molecule has 1 atom stereocenters. The van der Waals surface area contributed by atoms with Gasteiger partial charge >= 0.3 is 0 Å². The molecule has 12 heteroatoms. The summed E-state index contributed by atoms with van der Waals surface area (Å²) in [5.41, 5.74) is 9.03. The van der Waals surface area contributed by atoms with Crippen LogP contribution in [0.2, 0.25) is 10.0 Å². The van der Waals surface area contributed by atoms with Gasteiger partial charge in [0.25, 0.3) is 0 Å². The largest absolute Gasteiger partial charge is 0.394 e. The molecule has 5 rings (SSSR count). The van der Waals surface area contributed by atoms with Gasteiger partial charge in [0.2, 0.25) is 0 Å². The summed E-state index contributed by atoms with van der Waals surface area (Å²) in [6.07, 6.45) is 3.47. The van der Waals surface area contributed by atoms with Crippen LogP contribution in [0.5, 0.6) is 0 Å². The van der Waals surface area contributed by atoms with Crippen molar-refractivity contribution in [2.24, 2.45) is 5.41 Å². The highest BCUT2D eigenvalue weighted by atomic mass is 35.5. The standard InChI is InChI=1S/C28H32BCl2N7O2/c1-26(2,3)13-34-24-17(10-32)11-33-25-19(24)8-18(9-22(25)31)35-28(29,20-6-4-5-7-21(20)30)23-12-38(37-36-23)27(14-39)15-40-16-27/h4-9,11-12,35-37,39H,13-16,29H2,1-3H3,(H,33,34). The number of hydrazine groups is 2. The lowest BCUT2D eigenvalue weighted by Gasteiger charge is -2.45. The summed E-state index contributed by atoms with van der Waals surface area (Å²) in [7, 11) is 2.02. The van der Waals surface area contributed by atoms with Gasteiger partial charge in [-0.05, 0) is 29.2 Å². The van der Waals surface area contributed by atoms with Crippen LogP contribution in [-0.2, 0) is 10.2 Å². The Kier molecular flexibility index (Phi) is 7.55. The van der Waals surface area contributed by atoms with E-state index in [4.69, 9.17) is 27.9 Å². The van der Waals surface area contributed by atoms with Gasteiger partial charge in [0.1, 0.15) is 19.5 Å². The third-order valence-electron chi connectivity index (χ3n) is 7.30. The third kappa shape index (κ3) is 5.16. The molecule has 0 bridgehead atoms. The lowest BCUT2D eigenvalue weighted by atomic mass is 9.69. The van der Waals surface area contributed by atoms with Gasteiger partial charge in [0, 0.05) is 35.0 Å². The zero-order valence-electron chi connectivity index (χ0n) is 22.9. The Hall–Kier alpha value is -3.20. The Labute approximate surface area is 244 Å². The summed E-state index contributed by atoms with van der Waals surface area (Å²) in [5.74, 6) is 0. The number of fused-ring (bicyclic) bond motifs is 1.